The molecular formula is C8H17N3O2. The number of rotatable bonds is 3. The minimum Gasteiger partial charge on any atom is -0.370 e. The van der Waals surface area contributed by atoms with Crippen molar-refractivity contribution in [2.45, 2.75) is 38.8 Å². The summed E-state index contributed by atoms with van der Waals surface area (Å²) in [5.41, 5.74) is 9.97. The van der Waals surface area contributed by atoms with Crippen LogP contribution in [0, 0.1) is 0 Å². The standard InChI is InChI=1S/C8H17N3O2/c1-8(2,3)11-7(13)5(9)4-6(10)12/h5H,4,9H2,1-3H3,(H2,10,12)(H,11,13)/t5-/m0/s1. The van der Waals surface area contributed by atoms with Crippen molar-refractivity contribution in [3.8, 4) is 0 Å². The van der Waals surface area contributed by atoms with Crippen molar-refractivity contribution in [1.29, 1.82) is 0 Å². The van der Waals surface area contributed by atoms with Gasteiger partial charge >= 0.3 is 0 Å². The summed E-state index contributed by atoms with van der Waals surface area (Å²) in [7, 11) is 0. The Hall–Kier alpha value is -1.10. The third-order valence-corrected chi connectivity index (χ3v) is 1.26. The summed E-state index contributed by atoms with van der Waals surface area (Å²) in [5, 5.41) is 2.65. The van der Waals surface area contributed by atoms with Crippen LogP contribution < -0.4 is 16.8 Å². The summed E-state index contributed by atoms with van der Waals surface area (Å²) in [5.74, 6) is -0.928. The van der Waals surface area contributed by atoms with E-state index in [1.165, 1.54) is 0 Å². The van der Waals surface area contributed by atoms with Gasteiger partial charge in [0.15, 0.2) is 0 Å². The second-order valence-corrected chi connectivity index (χ2v) is 4.02. The highest BCUT2D eigenvalue weighted by Gasteiger charge is 2.20. The van der Waals surface area contributed by atoms with Gasteiger partial charge in [0.2, 0.25) is 11.8 Å². The van der Waals surface area contributed by atoms with Crippen LogP contribution in [0.3, 0.4) is 0 Å². The van der Waals surface area contributed by atoms with Gasteiger partial charge in [0, 0.05) is 5.54 Å². The Morgan fingerprint density at radius 1 is 1.38 bits per heavy atom. The third kappa shape index (κ3) is 6.10. The van der Waals surface area contributed by atoms with Crippen molar-refractivity contribution in [3.63, 3.8) is 0 Å². The quantitative estimate of drug-likeness (QED) is 0.534. The molecule has 0 aliphatic carbocycles. The Labute approximate surface area is 77.8 Å². The molecule has 0 aromatic carbocycles. The van der Waals surface area contributed by atoms with E-state index in [1.807, 2.05) is 20.8 Å². The van der Waals surface area contributed by atoms with Gasteiger partial charge in [-0.15, -0.1) is 0 Å². The maximum Gasteiger partial charge on any atom is 0.237 e. The number of hydrogen-bond donors (Lipinski definition) is 3. The van der Waals surface area contributed by atoms with Crippen LogP contribution >= 0.6 is 0 Å². The summed E-state index contributed by atoms with van der Waals surface area (Å²) in [6, 6.07) is -0.850. The van der Waals surface area contributed by atoms with E-state index >= 15 is 0 Å². The van der Waals surface area contributed by atoms with Gasteiger partial charge in [-0.1, -0.05) is 0 Å². The summed E-state index contributed by atoms with van der Waals surface area (Å²) in [6.45, 7) is 5.51. The monoisotopic (exact) mass is 187 g/mol. The van der Waals surface area contributed by atoms with E-state index in [0.717, 1.165) is 0 Å². The van der Waals surface area contributed by atoms with Crippen molar-refractivity contribution < 1.29 is 9.59 Å². The van der Waals surface area contributed by atoms with Crippen LogP contribution in [-0.4, -0.2) is 23.4 Å². The Morgan fingerprint density at radius 2 is 1.85 bits per heavy atom. The molecule has 0 aromatic rings. The van der Waals surface area contributed by atoms with E-state index in [9.17, 15) is 9.59 Å². The SMILES string of the molecule is CC(C)(C)NC(=O)[C@@H](N)CC(N)=O. The van der Waals surface area contributed by atoms with Gasteiger partial charge in [-0.05, 0) is 20.8 Å². The zero-order valence-electron chi connectivity index (χ0n) is 8.26. The van der Waals surface area contributed by atoms with Crippen molar-refractivity contribution in [3.05, 3.63) is 0 Å². The fourth-order valence-electron chi connectivity index (χ4n) is 0.772. The van der Waals surface area contributed by atoms with Gasteiger partial charge in [0.25, 0.3) is 0 Å². The summed E-state index contributed by atoms with van der Waals surface area (Å²) in [4.78, 5) is 21.7. The lowest BCUT2D eigenvalue weighted by atomic mass is 10.1. The van der Waals surface area contributed by atoms with Gasteiger partial charge in [-0.25, -0.2) is 0 Å². The first-order chi connectivity index (χ1) is 5.72. The first-order valence-electron chi connectivity index (χ1n) is 4.08. The van der Waals surface area contributed by atoms with Crippen LogP contribution in [0.15, 0.2) is 0 Å². The molecule has 0 aromatic heterocycles. The normalized spacial score (nSPS) is 13.5. The number of carbonyl (C=O) groups excluding carboxylic acids is 2. The zero-order valence-corrected chi connectivity index (χ0v) is 8.26. The molecule has 0 saturated carbocycles. The van der Waals surface area contributed by atoms with E-state index in [0.29, 0.717) is 0 Å². The average Bonchev–Trinajstić information content (AvgIpc) is 1.81. The number of nitrogens with two attached hydrogens (primary N) is 2. The van der Waals surface area contributed by atoms with E-state index in [-0.39, 0.29) is 17.9 Å². The molecule has 0 spiro atoms. The van der Waals surface area contributed by atoms with E-state index in [4.69, 9.17) is 11.5 Å². The smallest absolute Gasteiger partial charge is 0.237 e. The Kier molecular flexibility index (Phi) is 3.87. The molecule has 0 fully saturated rings. The highest BCUT2D eigenvalue weighted by Crippen LogP contribution is 1.99. The molecule has 2 amide bonds. The molecule has 0 bridgehead atoms. The fourth-order valence-corrected chi connectivity index (χ4v) is 0.772. The largest absolute Gasteiger partial charge is 0.370 e. The van der Waals surface area contributed by atoms with Gasteiger partial charge in [-0.2, -0.15) is 0 Å². The molecule has 0 unspecified atom stereocenters. The lowest BCUT2D eigenvalue weighted by molar-refractivity contribution is -0.127. The molecule has 5 heteroatoms. The molecule has 5 nitrogen and oxygen atoms in total. The highest BCUT2D eigenvalue weighted by atomic mass is 16.2. The molecular weight excluding hydrogens is 170 g/mol. The number of hydrogen-bond acceptors (Lipinski definition) is 3. The van der Waals surface area contributed by atoms with Crippen molar-refractivity contribution in [2.24, 2.45) is 11.5 Å². The second kappa shape index (κ2) is 4.23. The maximum absolute atomic E-state index is 11.3. The fraction of sp³-hybridized carbons (Fsp3) is 0.750. The molecule has 0 aliphatic rings. The zero-order chi connectivity index (χ0) is 10.6. The molecule has 5 N–H and O–H groups in total. The molecule has 0 saturated heterocycles. The van der Waals surface area contributed by atoms with Crippen LogP contribution in [0.5, 0.6) is 0 Å². The maximum atomic E-state index is 11.3. The number of primary amides is 1. The van der Waals surface area contributed by atoms with E-state index in [1.54, 1.807) is 0 Å². The summed E-state index contributed by atoms with van der Waals surface area (Å²) in [6.07, 6.45) is -0.123. The molecule has 13 heavy (non-hydrogen) atoms. The van der Waals surface area contributed by atoms with Gasteiger partial charge in [-0.3, -0.25) is 9.59 Å². The van der Waals surface area contributed by atoms with Crippen molar-refractivity contribution in [2.75, 3.05) is 0 Å². The Morgan fingerprint density at radius 3 is 2.15 bits per heavy atom. The topological polar surface area (TPSA) is 98.2 Å². The summed E-state index contributed by atoms with van der Waals surface area (Å²) >= 11 is 0. The lowest BCUT2D eigenvalue weighted by Gasteiger charge is -2.22. The van der Waals surface area contributed by atoms with Crippen LogP contribution in [0.1, 0.15) is 27.2 Å². The predicted molar refractivity (Wildman–Crippen MR) is 49.7 cm³/mol. The minimum absolute atomic E-state index is 0.123. The van der Waals surface area contributed by atoms with Crippen LogP contribution in [0.25, 0.3) is 0 Å². The molecule has 1 atom stereocenters. The van der Waals surface area contributed by atoms with Gasteiger partial charge in [0.1, 0.15) is 0 Å². The first kappa shape index (κ1) is 11.9. The summed E-state index contributed by atoms with van der Waals surface area (Å²) < 4.78 is 0. The molecule has 0 heterocycles. The highest BCUT2D eigenvalue weighted by molar-refractivity contribution is 5.87. The van der Waals surface area contributed by atoms with Crippen molar-refractivity contribution in [1.82, 2.24) is 5.32 Å². The Balaban J connectivity index is 4.05. The van der Waals surface area contributed by atoms with Gasteiger partial charge < -0.3 is 16.8 Å². The lowest BCUT2D eigenvalue weighted by Crippen LogP contribution is -2.50. The van der Waals surface area contributed by atoms with Crippen LogP contribution in [-0.2, 0) is 9.59 Å². The molecule has 0 aliphatic heterocycles. The third-order valence-electron chi connectivity index (χ3n) is 1.26. The number of carbonyl (C=O) groups is 2. The minimum atomic E-state index is -0.850. The van der Waals surface area contributed by atoms with Crippen molar-refractivity contribution >= 4 is 11.8 Å². The van der Waals surface area contributed by atoms with Gasteiger partial charge in [0.05, 0.1) is 12.5 Å². The van der Waals surface area contributed by atoms with Crippen LogP contribution in [0.4, 0.5) is 0 Å². The van der Waals surface area contributed by atoms with E-state index in [2.05, 4.69) is 5.32 Å². The molecule has 0 radical (unpaired) electrons. The van der Waals surface area contributed by atoms with E-state index < -0.39 is 11.9 Å². The number of amides is 2. The average molecular weight is 187 g/mol. The first-order valence-corrected chi connectivity index (χ1v) is 4.08. The predicted octanol–water partition coefficient (Wildman–Crippen LogP) is -0.896. The second-order valence-electron chi connectivity index (χ2n) is 4.02. The Bertz CT molecular complexity index is 208. The number of nitrogens with one attached hydrogen (secondary N) is 1. The molecule has 76 valence electrons. The van der Waals surface area contributed by atoms with Crippen LogP contribution in [0.2, 0.25) is 0 Å². The molecule has 0 rings (SSSR count).